The van der Waals surface area contributed by atoms with Gasteiger partial charge in [-0.3, -0.25) is 14.3 Å². The highest BCUT2D eigenvalue weighted by atomic mass is 32.1. The molecule has 4 aromatic rings. The van der Waals surface area contributed by atoms with Crippen molar-refractivity contribution in [3.05, 3.63) is 91.8 Å². The standard InChI is InChI=1S/C23H21N5O2S2/c29-22(25-12-20-24-8-11-32-20)21-18-14-27(23(30)17-7-10-31-15-17)9-6-19(18)28(26-21)13-16-4-2-1-3-5-16/h1-5,7-8,10-11,15H,6,9,12-14H2,(H,25,29). The lowest BCUT2D eigenvalue weighted by molar-refractivity contribution is 0.0731. The Labute approximate surface area is 193 Å². The smallest absolute Gasteiger partial charge is 0.272 e. The third kappa shape index (κ3) is 4.21. The van der Waals surface area contributed by atoms with Crippen molar-refractivity contribution in [1.29, 1.82) is 0 Å². The van der Waals surface area contributed by atoms with E-state index >= 15 is 0 Å². The lowest BCUT2D eigenvalue weighted by atomic mass is 10.0. The van der Waals surface area contributed by atoms with Gasteiger partial charge in [-0.1, -0.05) is 30.3 Å². The van der Waals surface area contributed by atoms with Crippen molar-refractivity contribution in [2.24, 2.45) is 0 Å². The molecule has 0 aliphatic carbocycles. The molecule has 0 fully saturated rings. The van der Waals surface area contributed by atoms with Crippen LogP contribution in [0.3, 0.4) is 0 Å². The van der Waals surface area contributed by atoms with Gasteiger partial charge in [-0.05, 0) is 17.0 Å². The summed E-state index contributed by atoms with van der Waals surface area (Å²) >= 11 is 3.00. The quantitative estimate of drug-likeness (QED) is 0.474. The minimum absolute atomic E-state index is 0.0122. The summed E-state index contributed by atoms with van der Waals surface area (Å²) in [6, 6.07) is 11.9. The first kappa shape index (κ1) is 20.6. The van der Waals surface area contributed by atoms with Crippen molar-refractivity contribution >= 4 is 34.5 Å². The number of carbonyl (C=O) groups excluding carboxylic acids is 2. The molecule has 0 atom stereocenters. The molecule has 0 unspecified atom stereocenters. The molecular weight excluding hydrogens is 442 g/mol. The highest BCUT2D eigenvalue weighted by Gasteiger charge is 2.30. The number of thiophene rings is 1. The summed E-state index contributed by atoms with van der Waals surface area (Å²) in [6.45, 7) is 1.91. The van der Waals surface area contributed by atoms with Crippen molar-refractivity contribution < 1.29 is 9.59 Å². The number of nitrogens with zero attached hydrogens (tertiary/aromatic N) is 4. The molecule has 2 amide bonds. The van der Waals surface area contributed by atoms with Crippen LogP contribution in [0.15, 0.2) is 58.7 Å². The fourth-order valence-electron chi connectivity index (χ4n) is 3.88. The van der Waals surface area contributed by atoms with Crippen LogP contribution in [0.4, 0.5) is 0 Å². The van der Waals surface area contributed by atoms with Crippen LogP contribution < -0.4 is 5.32 Å². The van der Waals surface area contributed by atoms with Gasteiger partial charge in [0.15, 0.2) is 5.69 Å². The van der Waals surface area contributed by atoms with E-state index in [2.05, 4.69) is 10.3 Å². The Hall–Kier alpha value is -3.30. The molecule has 5 rings (SSSR count). The molecule has 0 saturated carbocycles. The van der Waals surface area contributed by atoms with Crippen LogP contribution in [0, 0.1) is 0 Å². The summed E-state index contributed by atoms with van der Waals surface area (Å²) in [5.41, 5.74) is 4.03. The van der Waals surface area contributed by atoms with E-state index in [-0.39, 0.29) is 11.8 Å². The van der Waals surface area contributed by atoms with Gasteiger partial charge in [-0.15, -0.1) is 11.3 Å². The highest BCUT2D eigenvalue weighted by Crippen LogP contribution is 2.25. The number of benzene rings is 1. The fourth-order valence-corrected chi connectivity index (χ4v) is 5.07. The Kier molecular flexibility index (Phi) is 5.83. The first-order chi connectivity index (χ1) is 15.7. The highest BCUT2D eigenvalue weighted by molar-refractivity contribution is 7.09. The zero-order valence-corrected chi connectivity index (χ0v) is 18.9. The third-order valence-electron chi connectivity index (χ3n) is 5.46. The van der Waals surface area contributed by atoms with Gasteiger partial charge in [0.05, 0.1) is 25.2 Å². The van der Waals surface area contributed by atoms with E-state index < -0.39 is 0 Å². The van der Waals surface area contributed by atoms with Crippen molar-refractivity contribution in [2.45, 2.75) is 26.1 Å². The first-order valence-corrected chi connectivity index (χ1v) is 12.1. The van der Waals surface area contributed by atoms with E-state index in [1.54, 1.807) is 11.1 Å². The van der Waals surface area contributed by atoms with Gasteiger partial charge < -0.3 is 10.2 Å². The van der Waals surface area contributed by atoms with E-state index in [1.165, 1.54) is 22.7 Å². The summed E-state index contributed by atoms with van der Waals surface area (Å²) < 4.78 is 1.91. The number of amides is 2. The van der Waals surface area contributed by atoms with Crippen molar-refractivity contribution in [1.82, 2.24) is 25.0 Å². The van der Waals surface area contributed by atoms with Crippen molar-refractivity contribution in [3.63, 3.8) is 0 Å². The Morgan fingerprint density at radius 3 is 2.75 bits per heavy atom. The average Bonchev–Trinajstić information content (AvgIpc) is 3.59. The minimum Gasteiger partial charge on any atom is -0.344 e. The maximum Gasteiger partial charge on any atom is 0.272 e. The van der Waals surface area contributed by atoms with Crippen LogP contribution in [0.5, 0.6) is 0 Å². The minimum atomic E-state index is -0.243. The average molecular weight is 464 g/mol. The second-order valence-electron chi connectivity index (χ2n) is 7.51. The molecule has 0 saturated heterocycles. The number of nitrogens with one attached hydrogen (secondary N) is 1. The van der Waals surface area contributed by atoms with E-state index in [9.17, 15) is 9.59 Å². The molecule has 1 aliphatic heterocycles. The van der Waals surface area contributed by atoms with Crippen molar-refractivity contribution in [2.75, 3.05) is 6.54 Å². The molecule has 0 bridgehead atoms. The SMILES string of the molecule is O=C(NCc1nccs1)c1nn(Cc2ccccc2)c2c1CN(C(=O)c1ccsc1)CC2. The molecule has 32 heavy (non-hydrogen) atoms. The van der Waals surface area contributed by atoms with Crippen LogP contribution in [-0.2, 0) is 26.1 Å². The molecule has 9 heteroatoms. The lowest BCUT2D eigenvalue weighted by Crippen LogP contribution is -2.37. The Morgan fingerprint density at radius 2 is 2.00 bits per heavy atom. The fraction of sp³-hybridized carbons (Fsp3) is 0.217. The van der Waals surface area contributed by atoms with Gasteiger partial charge in [0, 0.05) is 41.2 Å². The summed E-state index contributed by atoms with van der Waals surface area (Å²) in [5, 5.41) is 14.1. The number of rotatable bonds is 6. The number of aromatic nitrogens is 3. The molecule has 4 heterocycles. The molecule has 1 aliphatic rings. The van der Waals surface area contributed by atoms with E-state index in [4.69, 9.17) is 5.10 Å². The number of thiazole rings is 1. The largest absolute Gasteiger partial charge is 0.344 e. The van der Waals surface area contributed by atoms with Crippen molar-refractivity contribution in [3.8, 4) is 0 Å². The second-order valence-corrected chi connectivity index (χ2v) is 9.27. The normalized spacial score (nSPS) is 13.1. The summed E-state index contributed by atoms with van der Waals surface area (Å²) in [4.78, 5) is 32.0. The topological polar surface area (TPSA) is 80.1 Å². The Balaban J connectivity index is 1.43. The predicted molar refractivity (Wildman–Crippen MR) is 124 cm³/mol. The van der Waals surface area contributed by atoms with E-state index in [0.717, 1.165) is 21.8 Å². The monoisotopic (exact) mass is 463 g/mol. The predicted octanol–water partition coefficient (Wildman–Crippen LogP) is 3.58. The second kappa shape index (κ2) is 9.05. The zero-order chi connectivity index (χ0) is 21.9. The first-order valence-electron chi connectivity index (χ1n) is 10.3. The van der Waals surface area contributed by atoms with Crippen LogP contribution in [-0.4, -0.2) is 38.0 Å². The molecule has 7 nitrogen and oxygen atoms in total. The zero-order valence-electron chi connectivity index (χ0n) is 17.2. The lowest BCUT2D eigenvalue weighted by Gasteiger charge is -2.27. The molecular formula is C23H21N5O2S2. The van der Waals surface area contributed by atoms with Gasteiger partial charge in [0.1, 0.15) is 5.01 Å². The number of hydrogen-bond donors (Lipinski definition) is 1. The third-order valence-corrected chi connectivity index (χ3v) is 6.93. The molecule has 1 N–H and O–H groups in total. The Bertz CT molecular complexity index is 1220. The maximum absolute atomic E-state index is 13.1. The molecule has 162 valence electrons. The van der Waals surface area contributed by atoms with Gasteiger partial charge in [0.2, 0.25) is 0 Å². The van der Waals surface area contributed by atoms with Crippen LogP contribution in [0.25, 0.3) is 0 Å². The Morgan fingerprint density at radius 1 is 1.12 bits per heavy atom. The van der Waals surface area contributed by atoms with Gasteiger partial charge in [-0.2, -0.15) is 16.4 Å². The van der Waals surface area contributed by atoms with Crippen LogP contribution in [0.2, 0.25) is 0 Å². The van der Waals surface area contributed by atoms with E-state index in [1.807, 2.05) is 57.2 Å². The number of carbonyl (C=O) groups is 2. The summed E-state index contributed by atoms with van der Waals surface area (Å²) in [5.74, 6) is -0.255. The molecule has 1 aromatic carbocycles. The maximum atomic E-state index is 13.1. The van der Waals surface area contributed by atoms with Gasteiger partial charge in [0.25, 0.3) is 11.8 Å². The van der Waals surface area contributed by atoms with E-state index in [0.29, 0.717) is 43.9 Å². The number of hydrogen-bond acceptors (Lipinski definition) is 6. The molecule has 3 aromatic heterocycles. The van der Waals surface area contributed by atoms with Gasteiger partial charge in [-0.25, -0.2) is 4.98 Å². The molecule has 0 spiro atoms. The molecule has 0 radical (unpaired) electrons. The summed E-state index contributed by atoms with van der Waals surface area (Å²) in [7, 11) is 0. The van der Waals surface area contributed by atoms with Gasteiger partial charge >= 0.3 is 0 Å². The number of fused-ring (bicyclic) bond motifs is 1. The van der Waals surface area contributed by atoms with Crippen LogP contribution >= 0.6 is 22.7 Å². The summed E-state index contributed by atoms with van der Waals surface area (Å²) in [6.07, 6.45) is 2.38. The van der Waals surface area contributed by atoms with Crippen LogP contribution in [0.1, 0.15) is 42.7 Å².